The molecule has 104 valence electrons. The fourth-order valence-electron chi connectivity index (χ4n) is 1.47. The molecule has 1 amide bonds. The van der Waals surface area contributed by atoms with E-state index in [2.05, 4.69) is 11.8 Å². The van der Waals surface area contributed by atoms with E-state index >= 15 is 0 Å². The van der Waals surface area contributed by atoms with Crippen molar-refractivity contribution in [1.29, 1.82) is 0 Å². The number of hydrogen-bond acceptors (Lipinski definition) is 4. The molecule has 5 heteroatoms. The minimum Gasteiger partial charge on any atom is -0.466 e. The summed E-state index contributed by atoms with van der Waals surface area (Å²) in [7, 11) is 0. The average Bonchev–Trinajstić information content (AvgIpc) is 2.43. The Morgan fingerprint density at radius 3 is 2.35 bits per heavy atom. The highest BCUT2D eigenvalue weighted by Gasteiger charge is 2.09. The van der Waals surface area contributed by atoms with Crippen molar-refractivity contribution in [1.82, 2.24) is 0 Å². The summed E-state index contributed by atoms with van der Waals surface area (Å²) >= 11 is 0. The Balaban J connectivity index is 2.60. The molecule has 2 N–H and O–H groups in total. The number of rotatable bonds is 5. The Morgan fingerprint density at radius 1 is 1.15 bits per heavy atom. The average molecular weight is 273 g/mol. The first-order chi connectivity index (χ1) is 9.52. The summed E-state index contributed by atoms with van der Waals surface area (Å²) in [5, 5.41) is 0. The zero-order chi connectivity index (χ0) is 15.0. The number of primary amides is 1. The highest BCUT2D eigenvalue weighted by molar-refractivity contribution is 5.97. The maximum Gasteiger partial charge on any atom is 0.306 e. The molecule has 0 bridgehead atoms. The molecule has 0 aromatic heterocycles. The number of Topliss-reactive ketones (excluding diaryl/α,β-unsaturated/α-hetero) is 1. The first kappa shape index (κ1) is 15.4. The predicted molar refractivity (Wildman–Crippen MR) is 72.7 cm³/mol. The number of ether oxygens (including phenoxy) is 1. The van der Waals surface area contributed by atoms with Crippen molar-refractivity contribution in [3.8, 4) is 11.8 Å². The van der Waals surface area contributed by atoms with Crippen molar-refractivity contribution < 1.29 is 19.1 Å². The second-order valence-electron chi connectivity index (χ2n) is 3.92. The molecule has 1 aromatic rings. The van der Waals surface area contributed by atoms with Crippen LogP contribution in [-0.4, -0.2) is 24.3 Å². The summed E-state index contributed by atoms with van der Waals surface area (Å²) in [5.41, 5.74) is 5.97. The van der Waals surface area contributed by atoms with Crippen molar-refractivity contribution in [3.63, 3.8) is 0 Å². The molecule has 0 aliphatic rings. The van der Waals surface area contributed by atoms with Gasteiger partial charge >= 0.3 is 5.97 Å². The van der Waals surface area contributed by atoms with Gasteiger partial charge in [-0.25, -0.2) is 0 Å². The number of amides is 1. The Labute approximate surface area is 117 Å². The number of carbonyl (C=O) groups is 3. The number of carbonyl (C=O) groups excluding carboxylic acids is 3. The Bertz CT molecular complexity index is 564. The summed E-state index contributed by atoms with van der Waals surface area (Å²) in [5.74, 6) is 3.54. The lowest BCUT2D eigenvalue weighted by Gasteiger charge is -2.02. The van der Waals surface area contributed by atoms with E-state index in [4.69, 9.17) is 10.5 Å². The third-order valence-corrected chi connectivity index (χ3v) is 2.40. The van der Waals surface area contributed by atoms with Crippen LogP contribution in [0.1, 0.15) is 35.7 Å². The van der Waals surface area contributed by atoms with Crippen molar-refractivity contribution in [2.24, 2.45) is 5.73 Å². The standard InChI is InChI=1S/C15H15NO4/c1-2-20-15(19)10-8-13(17)12-6-3-11(4-7-12)5-9-14(16)18/h3-4,6-7H,2,8,10H2,1H3,(H2,16,18). The first-order valence-electron chi connectivity index (χ1n) is 6.13. The maximum atomic E-state index is 11.8. The lowest BCUT2D eigenvalue weighted by molar-refractivity contribution is -0.143. The summed E-state index contributed by atoms with van der Waals surface area (Å²) < 4.78 is 4.75. The van der Waals surface area contributed by atoms with Crippen molar-refractivity contribution in [2.45, 2.75) is 19.8 Å². The van der Waals surface area contributed by atoms with Crippen LogP contribution in [0.25, 0.3) is 0 Å². The van der Waals surface area contributed by atoms with E-state index in [1.165, 1.54) is 0 Å². The molecular formula is C15H15NO4. The van der Waals surface area contributed by atoms with Gasteiger partial charge in [0.15, 0.2) is 5.78 Å². The van der Waals surface area contributed by atoms with Gasteiger partial charge < -0.3 is 10.5 Å². The van der Waals surface area contributed by atoms with Gasteiger partial charge in [-0.3, -0.25) is 14.4 Å². The normalized spacial score (nSPS) is 9.25. The Morgan fingerprint density at radius 2 is 1.80 bits per heavy atom. The summed E-state index contributed by atoms with van der Waals surface area (Å²) in [6, 6.07) is 6.43. The van der Waals surface area contributed by atoms with Gasteiger partial charge in [0.25, 0.3) is 5.91 Å². The van der Waals surface area contributed by atoms with Gasteiger partial charge in [-0.2, -0.15) is 0 Å². The lowest BCUT2D eigenvalue weighted by Crippen LogP contribution is -2.08. The molecule has 0 spiro atoms. The lowest BCUT2D eigenvalue weighted by atomic mass is 10.0. The zero-order valence-electron chi connectivity index (χ0n) is 11.1. The molecule has 0 aliphatic heterocycles. The van der Waals surface area contributed by atoms with E-state index in [-0.39, 0.29) is 24.6 Å². The minimum atomic E-state index is -0.709. The fourth-order valence-corrected chi connectivity index (χ4v) is 1.47. The van der Waals surface area contributed by atoms with Crippen LogP contribution in [0.15, 0.2) is 24.3 Å². The van der Waals surface area contributed by atoms with Crippen molar-refractivity contribution in [2.75, 3.05) is 6.61 Å². The van der Waals surface area contributed by atoms with Crippen LogP contribution in [0, 0.1) is 11.8 Å². The number of benzene rings is 1. The Hall–Kier alpha value is -2.61. The second kappa shape index (κ2) is 7.74. The van der Waals surface area contributed by atoms with Crippen LogP contribution in [-0.2, 0) is 14.3 Å². The summed E-state index contributed by atoms with van der Waals surface area (Å²) in [6.45, 7) is 2.02. The minimum absolute atomic E-state index is 0.0654. The molecule has 0 atom stereocenters. The van der Waals surface area contributed by atoms with Gasteiger partial charge in [0.05, 0.1) is 13.0 Å². The molecule has 5 nitrogen and oxygen atoms in total. The zero-order valence-corrected chi connectivity index (χ0v) is 11.1. The van der Waals surface area contributed by atoms with E-state index in [1.807, 2.05) is 0 Å². The summed E-state index contributed by atoms with van der Waals surface area (Å²) in [4.78, 5) is 33.5. The van der Waals surface area contributed by atoms with Gasteiger partial charge in [-0.1, -0.05) is 18.1 Å². The molecule has 0 heterocycles. The molecule has 0 saturated carbocycles. The van der Waals surface area contributed by atoms with E-state index in [1.54, 1.807) is 31.2 Å². The van der Waals surface area contributed by atoms with E-state index in [0.29, 0.717) is 17.7 Å². The largest absolute Gasteiger partial charge is 0.466 e. The second-order valence-corrected chi connectivity index (χ2v) is 3.92. The summed E-state index contributed by atoms with van der Waals surface area (Å²) in [6.07, 6.45) is 0.168. The highest BCUT2D eigenvalue weighted by atomic mass is 16.5. The third kappa shape index (κ3) is 5.36. The van der Waals surface area contributed by atoms with E-state index < -0.39 is 5.91 Å². The van der Waals surface area contributed by atoms with Crippen LogP contribution in [0.4, 0.5) is 0 Å². The monoisotopic (exact) mass is 273 g/mol. The predicted octanol–water partition coefficient (Wildman–Crippen LogP) is 1.05. The van der Waals surface area contributed by atoms with Gasteiger partial charge in [-0.05, 0) is 25.0 Å². The fraction of sp³-hybridized carbons (Fsp3) is 0.267. The molecule has 20 heavy (non-hydrogen) atoms. The first-order valence-corrected chi connectivity index (χ1v) is 6.13. The number of nitrogens with two attached hydrogens (primary N) is 1. The van der Waals surface area contributed by atoms with Crippen molar-refractivity contribution >= 4 is 17.7 Å². The third-order valence-electron chi connectivity index (χ3n) is 2.40. The van der Waals surface area contributed by atoms with Crippen LogP contribution in [0.2, 0.25) is 0 Å². The molecule has 0 saturated heterocycles. The number of ketones is 1. The molecule has 0 unspecified atom stereocenters. The van der Waals surface area contributed by atoms with Crippen LogP contribution in [0.3, 0.4) is 0 Å². The van der Waals surface area contributed by atoms with Gasteiger partial charge in [0.1, 0.15) is 0 Å². The topological polar surface area (TPSA) is 86.5 Å². The van der Waals surface area contributed by atoms with Crippen molar-refractivity contribution in [3.05, 3.63) is 35.4 Å². The maximum absolute atomic E-state index is 11.8. The smallest absolute Gasteiger partial charge is 0.306 e. The molecule has 1 aromatic carbocycles. The Kier molecular flexibility index (Phi) is 5.98. The number of esters is 1. The van der Waals surface area contributed by atoms with E-state index in [9.17, 15) is 14.4 Å². The molecule has 1 rings (SSSR count). The van der Waals surface area contributed by atoms with Gasteiger partial charge in [0, 0.05) is 17.5 Å². The molecule has 0 radical (unpaired) electrons. The van der Waals surface area contributed by atoms with Crippen LogP contribution >= 0.6 is 0 Å². The van der Waals surface area contributed by atoms with Gasteiger partial charge in [0.2, 0.25) is 0 Å². The number of hydrogen-bond donors (Lipinski definition) is 1. The SMILES string of the molecule is CCOC(=O)CCC(=O)c1ccc(C#CC(N)=O)cc1. The molecular weight excluding hydrogens is 258 g/mol. The van der Waals surface area contributed by atoms with Gasteiger partial charge in [-0.15, -0.1) is 0 Å². The van der Waals surface area contributed by atoms with Crippen LogP contribution < -0.4 is 5.73 Å². The molecule has 0 aliphatic carbocycles. The van der Waals surface area contributed by atoms with E-state index in [0.717, 1.165) is 0 Å². The molecule has 0 fully saturated rings. The quantitative estimate of drug-likeness (QED) is 0.493. The highest BCUT2D eigenvalue weighted by Crippen LogP contribution is 2.08. The van der Waals surface area contributed by atoms with Crippen LogP contribution in [0.5, 0.6) is 0 Å².